The second-order valence-corrected chi connectivity index (χ2v) is 9.57. The number of anilines is 1. The standard InChI is InChI=1S/C25H29N5O3/c1-17-19(3-4-20-21(17)16-33-24(20)32)22(31)15-29-10-6-25(7-11-29)8-12-30(13-9-25)23-5-2-18(14-26)27-28-23/h2-5,22,31H,6-13,15-16H2,1H3/t22-/m0/s1. The molecule has 2 saturated heterocycles. The Morgan fingerprint density at radius 1 is 1.12 bits per heavy atom. The fourth-order valence-electron chi connectivity index (χ4n) is 5.55. The Hall–Kier alpha value is -3.02. The van der Waals surface area contributed by atoms with Gasteiger partial charge >= 0.3 is 5.97 Å². The highest BCUT2D eigenvalue weighted by atomic mass is 16.5. The third-order valence-corrected chi connectivity index (χ3v) is 7.83. The van der Waals surface area contributed by atoms with E-state index in [0.29, 0.717) is 29.8 Å². The van der Waals surface area contributed by atoms with E-state index in [1.165, 1.54) is 0 Å². The third kappa shape index (κ3) is 4.19. The van der Waals surface area contributed by atoms with Gasteiger partial charge in [-0.15, -0.1) is 10.2 Å². The Labute approximate surface area is 193 Å². The maximum atomic E-state index is 11.8. The Balaban J connectivity index is 1.15. The number of fused-ring (bicyclic) bond motifs is 1. The van der Waals surface area contributed by atoms with Gasteiger partial charge in [-0.25, -0.2) is 4.79 Å². The number of benzene rings is 1. The van der Waals surface area contributed by atoms with E-state index in [0.717, 1.165) is 74.4 Å². The van der Waals surface area contributed by atoms with Gasteiger partial charge in [0, 0.05) is 25.2 Å². The largest absolute Gasteiger partial charge is 0.457 e. The van der Waals surface area contributed by atoms with Crippen molar-refractivity contribution in [3.63, 3.8) is 0 Å². The Morgan fingerprint density at radius 3 is 2.52 bits per heavy atom. The number of nitriles is 1. The molecule has 0 bridgehead atoms. The molecule has 0 unspecified atom stereocenters. The number of rotatable bonds is 4. The number of aromatic nitrogens is 2. The van der Waals surface area contributed by atoms with Crippen molar-refractivity contribution in [3.8, 4) is 6.07 Å². The summed E-state index contributed by atoms with van der Waals surface area (Å²) < 4.78 is 5.14. The van der Waals surface area contributed by atoms with E-state index in [2.05, 4.69) is 20.0 Å². The Bertz CT molecular complexity index is 1080. The average molecular weight is 448 g/mol. The van der Waals surface area contributed by atoms with E-state index in [1.54, 1.807) is 12.1 Å². The van der Waals surface area contributed by atoms with E-state index in [-0.39, 0.29) is 5.97 Å². The molecule has 0 saturated carbocycles. The molecule has 33 heavy (non-hydrogen) atoms. The number of hydrogen-bond donors (Lipinski definition) is 1. The molecule has 0 aliphatic carbocycles. The molecule has 3 aliphatic heterocycles. The van der Waals surface area contributed by atoms with Crippen molar-refractivity contribution in [2.24, 2.45) is 5.41 Å². The molecule has 1 N–H and O–H groups in total. The molecule has 8 heteroatoms. The number of β-amino-alcohol motifs (C(OH)–C–C–N with tert-alkyl or cyclic N) is 1. The lowest BCUT2D eigenvalue weighted by Gasteiger charge is -2.47. The zero-order valence-corrected chi connectivity index (χ0v) is 19.0. The zero-order chi connectivity index (χ0) is 23.0. The number of likely N-dealkylation sites (tertiary alicyclic amines) is 1. The third-order valence-electron chi connectivity index (χ3n) is 7.83. The van der Waals surface area contributed by atoms with Gasteiger partial charge in [0.1, 0.15) is 12.7 Å². The molecule has 0 amide bonds. The number of cyclic esters (lactones) is 1. The lowest BCUT2D eigenvalue weighted by molar-refractivity contribution is 0.0447. The first-order chi connectivity index (χ1) is 16.0. The molecular weight excluding hydrogens is 418 g/mol. The minimum absolute atomic E-state index is 0.271. The average Bonchev–Trinajstić information content (AvgIpc) is 3.23. The molecule has 5 rings (SSSR count). The Kier molecular flexibility index (Phi) is 5.77. The van der Waals surface area contributed by atoms with Gasteiger partial charge < -0.3 is 19.6 Å². The number of hydrogen-bond acceptors (Lipinski definition) is 8. The van der Waals surface area contributed by atoms with Crippen molar-refractivity contribution in [1.29, 1.82) is 5.26 Å². The van der Waals surface area contributed by atoms with Gasteiger partial charge in [-0.05, 0) is 80.4 Å². The SMILES string of the molecule is Cc1c([C@@H](O)CN2CCC3(CC2)CCN(c2ccc(C#N)nn2)CC3)ccc2c1COC2=O. The summed E-state index contributed by atoms with van der Waals surface area (Å²) in [5.41, 5.74) is 4.11. The van der Waals surface area contributed by atoms with Crippen molar-refractivity contribution in [2.45, 2.75) is 45.3 Å². The van der Waals surface area contributed by atoms with Crippen LogP contribution in [0.3, 0.4) is 0 Å². The first kappa shape index (κ1) is 21.8. The highest BCUT2D eigenvalue weighted by Gasteiger charge is 2.38. The summed E-state index contributed by atoms with van der Waals surface area (Å²) in [6, 6.07) is 9.28. The number of esters is 1. The lowest BCUT2D eigenvalue weighted by Crippen LogP contribution is -2.47. The molecule has 3 aliphatic rings. The van der Waals surface area contributed by atoms with Crippen molar-refractivity contribution < 1.29 is 14.6 Å². The molecule has 172 valence electrons. The van der Waals surface area contributed by atoms with Crippen LogP contribution in [-0.2, 0) is 11.3 Å². The van der Waals surface area contributed by atoms with Crippen LogP contribution in [0.4, 0.5) is 5.82 Å². The molecule has 1 atom stereocenters. The van der Waals surface area contributed by atoms with E-state index >= 15 is 0 Å². The molecule has 8 nitrogen and oxygen atoms in total. The predicted molar refractivity (Wildman–Crippen MR) is 122 cm³/mol. The number of carbonyl (C=O) groups is 1. The summed E-state index contributed by atoms with van der Waals surface area (Å²) in [6.45, 7) is 6.77. The van der Waals surface area contributed by atoms with E-state index in [9.17, 15) is 9.90 Å². The fourth-order valence-corrected chi connectivity index (χ4v) is 5.55. The number of carbonyl (C=O) groups excluding carboxylic acids is 1. The van der Waals surface area contributed by atoms with Gasteiger partial charge in [0.2, 0.25) is 0 Å². The number of aliphatic hydroxyl groups excluding tert-OH is 1. The van der Waals surface area contributed by atoms with E-state index in [1.807, 2.05) is 25.1 Å². The highest BCUT2D eigenvalue weighted by Crippen LogP contribution is 2.42. The number of piperidine rings is 2. The van der Waals surface area contributed by atoms with Crippen LogP contribution in [0.15, 0.2) is 24.3 Å². The maximum Gasteiger partial charge on any atom is 0.338 e. The van der Waals surface area contributed by atoms with Crippen LogP contribution in [0.2, 0.25) is 0 Å². The molecule has 1 aromatic heterocycles. The monoisotopic (exact) mass is 447 g/mol. The summed E-state index contributed by atoms with van der Waals surface area (Å²) in [5, 5.41) is 28.0. The molecule has 2 aromatic rings. The summed E-state index contributed by atoms with van der Waals surface area (Å²) in [5.74, 6) is 0.578. The topological polar surface area (TPSA) is 103 Å². The summed E-state index contributed by atoms with van der Waals surface area (Å²) >= 11 is 0. The Morgan fingerprint density at radius 2 is 1.85 bits per heavy atom. The molecule has 2 fully saturated rings. The first-order valence-electron chi connectivity index (χ1n) is 11.7. The van der Waals surface area contributed by atoms with Gasteiger partial charge in [-0.2, -0.15) is 5.26 Å². The summed E-state index contributed by atoms with van der Waals surface area (Å²) in [4.78, 5) is 16.4. The smallest absolute Gasteiger partial charge is 0.338 e. The van der Waals surface area contributed by atoms with Crippen molar-refractivity contribution >= 4 is 11.8 Å². The van der Waals surface area contributed by atoms with Crippen LogP contribution in [0.1, 0.15) is 64.5 Å². The zero-order valence-electron chi connectivity index (χ0n) is 19.0. The van der Waals surface area contributed by atoms with Crippen molar-refractivity contribution in [3.05, 3.63) is 52.2 Å². The molecule has 4 heterocycles. The summed E-state index contributed by atoms with van der Waals surface area (Å²) in [7, 11) is 0. The van der Waals surface area contributed by atoms with Crippen LogP contribution in [0, 0.1) is 23.7 Å². The molecule has 0 radical (unpaired) electrons. The molecule has 1 aromatic carbocycles. The number of nitrogens with zero attached hydrogens (tertiary/aromatic N) is 5. The van der Waals surface area contributed by atoms with Crippen LogP contribution in [0.25, 0.3) is 0 Å². The normalized spacial score (nSPS) is 20.9. The minimum atomic E-state index is -0.572. The first-order valence-corrected chi connectivity index (χ1v) is 11.7. The van der Waals surface area contributed by atoms with Crippen molar-refractivity contribution in [2.75, 3.05) is 37.6 Å². The maximum absolute atomic E-state index is 11.8. The van der Waals surface area contributed by atoms with Crippen molar-refractivity contribution in [1.82, 2.24) is 15.1 Å². The van der Waals surface area contributed by atoms with Crippen LogP contribution < -0.4 is 4.90 Å². The van der Waals surface area contributed by atoms with Crippen LogP contribution in [-0.4, -0.2) is 58.9 Å². The van der Waals surface area contributed by atoms with Gasteiger partial charge in [0.05, 0.1) is 11.7 Å². The molecule has 1 spiro atoms. The highest BCUT2D eigenvalue weighted by molar-refractivity contribution is 5.93. The quantitative estimate of drug-likeness (QED) is 0.714. The second kappa shape index (κ2) is 8.73. The lowest BCUT2D eigenvalue weighted by atomic mass is 9.71. The van der Waals surface area contributed by atoms with Gasteiger partial charge in [0.15, 0.2) is 11.5 Å². The van der Waals surface area contributed by atoms with Gasteiger partial charge in [-0.3, -0.25) is 0 Å². The predicted octanol–water partition coefficient (Wildman–Crippen LogP) is 2.74. The summed E-state index contributed by atoms with van der Waals surface area (Å²) in [6.07, 6.45) is 3.96. The number of ether oxygens (including phenoxy) is 1. The second-order valence-electron chi connectivity index (χ2n) is 9.57. The van der Waals surface area contributed by atoms with E-state index < -0.39 is 6.10 Å². The van der Waals surface area contributed by atoms with E-state index in [4.69, 9.17) is 10.00 Å². The fraction of sp³-hybridized carbons (Fsp3) is 0.520. The van der Waals surface area contributed by atoms with Gasteiger partial charge in [0.25, 0.3) is 0 Å². The van der Waals surface area contributed by atoms with Crippen LogP contribution in [0.5, 0.6) is 0 Å². The number of aliphatic hydroxyl groups is 1. The van der Waals surface area contributed by atoms with Crippen LogP contribution >= 0.6 is 0 Å². The molecular formula is C25H29N5O3. The minimum Gasteiger partial charge on any atom is -0.457 e. The van der Waals surface area contributed by atoms with Gasteiger partial charge in [-0.1, -0.05) is 6.07 Å².